The third kappa shape index (κ3) is 68.4. The molecular weight excluding hydrogens is 1010 g/mol. The molecule has 0 amide bonds. The van der Waals surface area contributed by atoms with Gasteiger partial charge >= 0.3 is 17.9 Å². The van der Waals surface area contributed by atoms with Crippen molar-refractivity contribution in [3.05, 3.63) is 36.5 Å². The van der Waals surface area contributed by atoms with Crippen LogP contribution in [0.4, 0.5) is 0 Å². The lowest BCUT2D eigenvalue weighted by Crippen LogP contribution is -2.30. The maximum absolute atomic E-state index is 12.9. The molecule has 1 atom stereocenters. The highest BCUT2D eigenvalue weighted by molar-refractivity contribution is 5.71. The molecule has 6 heteroatoms. The van der Waals surface area contributed by atoms with Gasteiger partial charge in [0.2, 0.25) is 0 Å². The van der Waals surface area contributed by atoms with E-state index in [1.165, 1.54) is 295 Å². The van der Waals surface area contributed by atoms with Crippen LogP contribution in [0.15, 0.2) is 36.5 Å². The standard InChI is InChI=1S/C76H142O6/c1-4-7-10-13-16-19-22-25-27-29-31-32-33-34-35-36-37-38-39-40-41-42-43-44-46-47-49-51-54-57-60-63-66-69-75(78)81-72-73(71-80-74(77)68-65-62-59-56-53-24-21-18-15-12-9-6-3)82-76(79)70-67-64-61-58-55-52-50-48-45-30-28-26-23-20-17-14-11-8-5-2/h17,20,26,28,45,48,73H,4-16,18-19,21-25,27,29-44,46-47,49-72H2,1-3H3/b20-17-,28-26-,48-45-. The van der Waals surface area contributed by atoms with E-state index in [9.17, 15) is 14.4 Å². The molecule has 0 N–H and O–H groups in total. The molecule has 82 heavy (non-hydrogen) atoms. The summed E-state index contributed by atoms with van der Waals surface area (Å²) in [5, 5.41) is 0. The van der Waals surface area contributed by atoms with E-state index in [-0.39, 0.29) is 31.1 Å². The number of hydrogen-bond acceptors (Lipinski definition) is 6. The highest BCUT2D eigenvalue weighted by atomic mass is 16.6. The molecule has 0 aliphatic carbocycles. The van der Waals surface area contributed by atoms with Crippen LogP contribution >= 0.6 is 0 Å². The molecule has 0 aliphatic heterocycles. The second-order valence-electron chi connectivity index (χ2n) is 25.2. The number of ether oxygens (including phenoxy) is 3. The van der Waals surface area contributed by atoms with Gasteiger partial charge in [0, 0.05) is 19.3 Å². The van der Waals surface area contributed by atoms with Crippen molar-refractivity contribution in [3.8, 4) is 0 Å². The van der Waals surface area contributed by atoms with Crippen molar-refractivity contribution in [2.45, 2.75) is 419 Å². The van der Waals surface area contributed by atoms with Gasteiger partial charge in [0.25, 0.3) is 0 Å². The predicted molar refractivity (Wildman–Crippen MR) is 358 cm³/mol. The first-order chi connectivity index (χ1) is 40.5. The molecule has 0 bridgehead atoms. The summed E-state index contributed by atoms with van der Waals surface area (Å²) >= 11 is 0. The van der Waals surface area contributed by atoms with Crippen LogP contribution in [0.25, 0.3) is 0 Å². The molecule has 0 spiro atoms. The van der Waals surface area contributed by atoms with E-state index in [1.54, 1.807) is 0 Å². The Morgan fingerprint density at radius 2 is 0.439 bits per heavy atom. The van der Waals surface area contributed by atoms with Crippen molar-refractivity contribution in [2.75, 3.05) is 13.2 Å². The van der Waals surface area contributed by atoms with Gasteiger partial charge in [-0.2, -0.15) is 0 Å². The van der Waals surface area contributed by atoms with Crippen LogP contribution in [0.1, 0.15) is 412 Å². The number of rotatable bonds is 69. The molecule has 0 aromatic carbocycles. The van der Waals surface area contributed by atoms with Crippen molar-refractivity contribution >= 4 is 17.9 Å². The summed E-state index contributed by atoms with van der Waals surface area (Å²) in [4.78, 5) is 38.4. The van der Waals surface area contributed by atoms with Gasteiger partial charge in [0.15, 0.2) is 6.10 Å². The molecule has 0 radical (unpaired) electrons. The lowest BCUT2D eigenvalue weighted by Gasteiger charge is -2.18. The Morgan fingerprint density at radius 1 is 0.244 bits per heavy atom. The molecule has 0 saturated carbocycles. The van der Waals surface area contributed by atoms with E-state index in [2.05, 4.69) is 57.2 Å². The van der Waals surface area contributed by atoms with Crippen LogP contribution in [-0.2, 0) is 28.6 Å². The number of carbonyl (C=O) groups is 3. The zero-order valence-electron chi connectivity index (χ0n) is 55.5. The Morgan fingerprint density at radius 3 is 0.707 bits per heavy atom. The molecular formula is C76H142O6. The third-order valence-corrected chi connectivity index (χ3v) is 16.9. The highest BCUT2D eigenvalue weighted by Gasteiger charge is 2.19. The largest absolute Gasteiger partial charge is 0.462 e. The van der Waals surface area contributed by atoms with Gasteiger partial charge in [-0.05, 0) is 57.8 Å². The molecule has 1 unspecified atom stereocenters. The van der Waals surface area contributed by atoms with Crippen LogP contribution in [0, 0.1) is 0 Å². The van der Waals surface area contributed by atoms with E-state index >= 15 is 0 Å². The fourth-order valence-electron chi connectivity index (χ4n) is 11.3. The minimum Gasteiger partial charge on any atom is -0.462 e. The Bertz CT molecular complexity index is 1370. The fourth-order valence-corrected chi connectivity index (χ4v) is 11.3. The summed E-state index contributed by atoms with van der Waals surface area (Å²) in [6.07, 6.45) is 89.2. The molecule has 0 aromatic rings. The first-order valence-electron chi connectivity index (χ1n) is 37.0. The third-order valence-electron chi connectivity index (χ3n) is 16.9. The molecule has 482 valence electrons. The lowest BCUT2D eigenvalue weighted by atomic mass is 10.0. The van der Waals surface area contributed by atoms with E-state index < -0.39 is 6.10 Å². The van der Waals surface area contributed by atoms with E-state index in [0.29, 0.717) is 19.3 Å². The smallest absolute Gasteiger partial charge is 0.306 e. The second-order valence-corrected chi connectivity index (χ2v) is 25.2. The predicted octanol–water partition coefficient (Wildman–Crippen LogP) is 25.5. The fraction of sp³-hybridized carbons (Fsp3) is 0.882. The van der Waals surface area contributed by atoms with E-state index in [4.69, 9.17) is 14.2 Å². The summed E-state index contributed by atoms with van der Waals surface area (Å²) in [5.74, 6) is -0.857. The average molecular weight is 1150 g/mol. The van der Waals surface area contributed by atoms with Crippen molar-refractivity contribution in [1.29, 1.82) is 0 Å². The van der Waals surface area contributed by atoms with Crippen LogP contribution in [0.3, 0.4) is 0 Å². The lowest BCUT2D eigenvalue weighted by molar-refractivity contribution is -0.167. The van der Waals surface area contributed by atoms with E-state index in [1.807, 2.05) is 0 Å². The zero-order valence-corrected chi connectivity index (χ0v) is 55.5. The number of unbranched alkanes of at least 4 members (excludes halogenated alkanes) is 52. The molecule has 0 saturated heterocycles. The summed E-state index contributed by atoms with van der Waals surface area (Å²) in [6.45, 7) is 6.67. The maximum Gasteiger partial charge on any atom is 0.306 e. The molecule has 0 heterocycles. The normalized spacial score (nSPS) is 12.2. The molecule has 0 aliphatic rings. The quantitative estimate of drug-likeness (QED) is 0.0261. The van der Waals surface area contributed by atoms with Crippen molar-refractivity contribution in [2.24, 2.45) is 0 Å². The number of allylic oxidation sites excluding steroid dienone is 6. The van der Waals surface area contributed by atoms with Crippen molar-refractivity contribution in [1.82, 2.24) is 0 Å². The Kier molecular flexibility index (Phi) is 69.1. The minimum absolute atomic E-state index is 0.0720. The van der Waals surface area contributed by atoms with Crippen molar-refractivity contribution < 1.29 is 28.6 Å². The summed E-state index contributed by atoms with van der Waals surface area (Å²) in [7, 11) is 0. The van der Waals surface area contributed by atoms with Crippen LogP contribution in [-0.4, -0.2) is 37.2 Å². The van der Waals surface area contributed by atoms with Gasteiger partial charge in [0.1, 0.15) is 13.2 Å². The van der Waals surface area contributed by atoms with Crippen LogP contribution < -0.4 is 0 Å². The number of carbonyl (C=O) groups excluding carboxylic acids is 3. The summed E-state index contributed by atoms with van der Waals surface area (Å²) < 4.78 is 17.0. The second kappa shape index (κ2) is 71.1. The van der Waals surface area contributed by atoms with Gasteiger partial charge in [0.05, 0.1) is 0 Å². The molecule has 0 aromatic heterocycles. The van der Waals surface area contributed by atoms with Gasteiger partial charge in [-0.15, -0.1) is 0 Å². The minimum atomic E-state index is -0.777. The zero-order chi connectivity index (χ0) is 59.2. The average Bonchev–Trinajstić information content (AvgIpc) is 3.47. The molecule has 0 rings (SSSR count). The van der Waals surface area contributed by atoms with Crippen LogP contribution in [0.2, 0.25) is 0 Å². The van der Waals surface area contributed by atoms with Crippen LogP contribution in [0.5, 0.6) is 0 Å². The van der Waals surface area contributed by atoms with Crippen molar-refractivity contribution in [3.63, 3.8) is 0 Å². The SMILES string of the molecule is CCCCC/C=C\C/C=C\C/C=C\CCCCCCCCC(=O)OC(COC(=O)CCCCCCCCCCCCCC)COC(=O)CCCCCCCCCCCCCCCCCCCCCCCCCCCCCCCCCCC. The maximum atomic E-state index is 12.9. The number of esters is 3. The van der Waals surface area contributed by atoms with Gasteiger partial charge < -0.3 is 14.2 Å². The Balaban J connectivity index is 4.10. The summed E-state index contributed by atoms with van der Waals surface area (Å²) in [6, 6.07) is 0. The van der Waals surface area contributed by atoms with Gasteiger partial charge in [-0.3, -0.25) is 14.4 Å². The topological polar surface area (TPSA) is 78.9 Å². The molecule has 6 nitrogen and oxygen atoms in total. The van der Waals surface area contributed by atoms with Gasteiger partial charge in [-0.1, -0.05) is 372 Å². The number of hydrogen-bond donors (Lipinski definition) is 0. The molecule has 0 fully saturated rings. The highest BCUT2D eigenvalue weighted by Crippen LogP contribution is 2.19. The monoisotopic (exact) mass is 1150 g/mol. The summed E-state index contributed by atoms with van der Waals surface area (Å²) in [5.41, 5.74) is 0. The first-order valence-corrected chi connectivity index (χ1v) is 37.0. The van der Waals surface area contributed by atoms with Gasteiger partial charge in [-0.25, -0.2) is 0 Å². The Hall–Kier alpha value is -2.37. The first kappa shape index (κ1) is 79.6. The Labute approximate surface area is 512 Å². The van der Waals surface area contributed by atoms with E-state index in [0.717, 1.165) is 77.0 Å².